The van der Waals surface area contributed by atoms with Gasteiger partial charge in [0, 0.05) is 13.2 Å². The molecule has 1 N–H and O–H groups in total. The van der Waals surface area contributed by atoms with Gasteiger partial charge in [-0.3, -0.25) is 0 Å². The molecule has 1 unspecified atom stereocenters. The summed E-state index contributed by atoms with van der Waals surface area (Å²) < 4.78 is 5.45. The predicted octanol–water partition coefficient (Wildman–Crippen LogP) is 3.79. The van der Waals surface area contributed by atoms with E-state index >= 15 is 0 Å². The Morgan fingerprint density at radius 2 is 1.78 bits per heavy atom. The van der Waals surface area contributed by atoms with E-state index in [4.69, 9.17) is 4.74 Å². The summed E-state index contributed by atoms with van der Waals surface area (Å²) in [5, 5.41) is 3.65. The molecular formula is C16H27NO. The molecule has 0 saturated carbocycles. The highest BCUT2D eigenvalue weighted by atomic mass is 16.5. The quantitative estimate of drug-likeness (QED) is 0.794. The summed E-state index contributed by atoms with van der Waals surface area (Å²) in [4.78, 5) is 0. The zero-order valence-corrected chi connectivity index (χ0v) is 12.4. The molecule has 0 aliphatic heterocycles. The van der Waals surface area contributed by atoms with E-state index in [1.807, 2.05) is 0 Å². The normalized spacial score (nSPS) is 13.9. The van der Waals surface area contributed by atoms with Gasteiger partial charge in [0.15, 0.2) is 0 Å². The van der Waals surface area contributed by atoms with E-state index in [2.05, 4.69) is 63.3 Å². The predicted molar refractivity (Wildman–Crippen MR) is 77.7 cm³/mol. The van der Waals surface area contributed by atoms with Crippen molar-refractivity contribution in [2.24, 2.45) is 5.92 Å². The summed E-state index contributed by atoms with van der Waals surface area (Å²) in [7, 11) is 1.77. The van der Waals surface area contributed by atoms with Gasteiger partial charge in [-0.15, -0.1) is 0 Å². The number of rotatable bonds is 7. The minimum absolute atomic E-state index is 0.0504. The van der Waals surface area contributed by atoms with Crippen molar-refractivity contribution in [1.82, 2.24) is 5.32 Å². The van der Waals surface area contributed by atoms with Gasteiger partial charge in [-0.25, -0.2) is 0 Å². The first-order valence-electron chi connectivity index (χ1n) is 6.80. The van der Waals surface area contributed by atoms with Crippen LogP contribution in [0, 0.1) is 5.92 Å². The van der Waals surface area contributed by atoms with Crippen LogP contribution in [-0.4, -0.2) is 19.3 Å². The monoisotopic (exact) mass is 249 g/mol. The molecule has 0 aromatic heterocycles. The number of hydrogen-bond donors (Lipinski definition) is 1. The first kappa shape index (κ1) is 15.2. The largest absolute Gasteiger partial charge is 0.379 e. The van der Waals surface area contributed by atoms with E-state index in [-0.39, 0.29) is 5.60 Å². The molecule has 0 heterocycles. The zero-order valence-electron chi connectivity index (χ0n) is 12.4. The topological polar surface area (TPSA) is 21.3 Å². The summed E-state index contributed by atoms with van der Waals surface area (Å²) >= 11 is 0. The Balaban J connectivity index is 2.55. The van der Waals surface area contributed by atoms with Crippen LogP contribution in [0.2, 0.25) is 0 Å². The van der Waals surface area contributed by atoms with Crippen LogP contribution in [0.25, 0.3) is 0 Å². The maximum Gasteiger partial charge on any atom is 0.0634 e. The molecule has 0 radical (unpaired) electrons. The Morgan fingerprint density at radius 1 is 1.17 bits per heavy atom. The van der Waals surface area contributed by atoms with E-state index in [9.17, 15) is 0 Å². The Hall–Kier alpha value is -0.860. The third-order valence-corrected chi connectivity index (χ3v) is 3.47. The van der Waals surface area contributed by atoms with Crippen molar-refractivity contribution in [3.8, 4) is 0 Å². The highest BCUT2D eigenvalue weighted by molar-refractivity contribution is 5.19. The fraction of sp³-hybridized carbons (Fsp3) is 0.625. The van der Waals surface area contributed by atoms with Gasteiger partial charge < -0.3 is 10.1 Å². The molecular weight excluding hydrogens is 222 g/mol. The molecule has 1 aromatic carbocycles. The maximum absolute atomic E-state index is 5.45. The molecule has 0 spiro atoms. The summed E-state index contributed by atoms with van der Waals surface area (Å²) in [6, 6.07) is 11.1. The zero-order chi connectivity index (χ0) is 13.6. The van der Waals surface area contributed by atoms with Crippen LogP contribution in [0.1, 0.15) is 45.7 Å². The highest BCUT2D eigenvalue weighted by Gasteiger charge is 2.19. The number of benzene rings is 1. The van der Waals surface area contributed by atoms with Crippen molar-refractivity contribution in [1.29, 1.82) is 0 Å². The molecule has 1 aromatic rings. The molecule has 0 aliphatic rings. The highest BCUT2D eigenvalue weighted by Crippen LogP contribution is 2.22. The van der Waals surface area contributed by atoms with Crippen LogP contribution in [-0.2, 0) is 4.74 Å². The first-order valence-corrected chi connectivity index (χ1v) is 6.80. The van der Waals surface area contributed by atoms with Gasteiger partial charge in [0.2, 0.25) is 0 Å². The lowest BCUT2D eigenvalue weighted by Crippen LogP contribution is -2.32. The number of methoxy groups -OCH3 is 1. The van der Waals surface area contributed by atoms with Gasteiger partial charge in [-0.2, -0.15) is 0 Å². The first-order chi connectivity index (χ1) is 8.46. The van der Waals surface area contributed by atoms with Crippen molar-refractivity contribution in [3.63, 3.8) is 0 Å². The molecule has 2 nitrogen and oxygen atoms in total. The van der Waals surface area contributed by atoms with E-state index in [1.54, 1.807) is 7.11 Å². The SMILES string of the molecule is COC(C)(C)CCNC(c1ccccc1)C(C)C. The lowest BCUT2D eigenvalue weighted by molar-refractivity contribution is 0.0150. The summed E-state index contributed by atoms with van der Waals surface area (Å²) in [6.07, 6.45) is 1.01. The van der Waals surface area contributed by atoms with Crippen molar-refractivity contribution < 1.29 is 4.74 Å². The molecule has 0 bridgehead atoms. The van der Waals surface area contributed by atoms with Crippen molar-refractivity contribution in [2.75, 3.05) is 13.7 Å². The van der Waals surface area contributed by atoms with Crippen molar-refractivity contribution >= 4 is 0 Å². The lowest BCUT2D eigenvalue weighted by Gasteiger charge is -2.27. The average Bonchev–Trinajstić information content (AvgIpc) is 2.35. The minimum atomic E-state index is -0.0504. The van der Waals surface area contributed by atoms with Crippen molar-refractivity contribution in [2.45, 2.75) is 45.8 Å². The maximum atomic E-state index is 5.45. The molecule has 1 rings (SSSR count). The summed E-state index contributed by atoms with van der Waals surface area (Å²) in [5.74, 6) is 0.582. The van der Waals surface area contributed by atoms with Crippen LogP contribution < -0.4 is 5.32 Å². The van der Waals surface area contributed by atoms with Crippen LogP contribution in [0.15, 0.2) is 30.3 Å². The number of hydrogen-bond acceptors (Lipinski definition) is 2. The molecule has 2 heteroatoms. The fourth-order valence-corrected chi connectivity index (χ4v) is 2.03. The average molecular weight is 249 g/mol. The third-order valence-electron chi connectivity index (χ3n) is 3.47. The molecule has 0 fully saturated rings. The summed E-state index contributed by atoms with van der Waals surface area (Å²) in [5.41, 5.74) is 1.31. The van der Waals surface area contributed by atoms with Crippen LogP contribution in [0.3, 0.4) is 0 Å². The van der Waals surface area contributed by atoms with E-state index in [0.717, 1.165) is 13.0 Å². The third kappa shape index (κ3) is 4.79. The molecule has 0 saturated heterocycles. The van der Waals surface area contributed by atoms with Gasteiger partial charge in [0.1, 0.15) is 0 Å². The fourth-order valence-electron chi connectivity index (χ4n) is 2.03. The van der Waals surface area contributed by atoms with Crippen LogP contribution in [0.5, 0.6) is 0 Å². The smallest absolute Gasteiger partial charge is 0.0634 e. The van der Waals surface area contributed by atoms with Gasteiger partial charge in [-0.1, -0.05) is 44.2 Å². The van der Waals surface area contributed by atoms with Crippen LogP contribution in [0.4, 0.5) is 0 Å². The Morgan fingerprint density at radius 3 is 2.28 bits per heavy atom. The van der Waals surface area contributed by atoms with Gasteiger partial charge in [-0.05, 0) is 38.3 Å². The van der Waals surface area contributed by atoms with E-state index in [0.29, 0.717) is 12.0 Å². The second-order valence-corrected chi connectivity index (χ2v) is 5.80. The van der Waals surface area contributed by atoms with Gasteiger partial charge in [0.05, 0.1) is 5.60 Å². The van der Waals surface area contributed by atoms with Gasteiger partial charge >= 0.3 is 0 Å². The summed E-state index contributed by atoms with van der Waals surface area (Å²) in [6.45, 7) is 9.74. The minimum Gasteiger partial charge on any atom is -0.379 e. The van der Waals surface area contributed by atoms with Gasteiger partial charge in [0.25, 0.3) is 0 Å². The number of ether oxygens (including phenoxy) is 1. The van der Waals surface area contributed by atoms with E-state index in [1.165, 1.54) is 5.56 Å². The standard InChI is InChI=1S/C16H27NO/c1-13(2)15(14-9-7-6-8-10-14)17-12-11-16(3,4)18-5/h6-10,13,15,17H,11-12H2,1-5H3. The second kappa shape index (κ2) is 6.91. The molecule has 1 atom stereocenters. The Bertz CT molecular complexity index is 332. The molecule has 0 aliphatic carbocycles. The molecule has 18 heavy (non-hydrogen) atoms. The molecule has 0 amide bonds. The van der Waals surface area contributed by atoms with Crippen LogP contribution >= 0.6 is 0 Å². The van der Waals surface area contributed by atoms with E-state index < -0.39 is 0 Å². The lowest BCUT2D eigenvalue weighted by atomic mass is 9.95. The van der Waals surface area contributed by atoms with Crippen molar-refractivity contribution in [3.05, 3.63) is 35.9 Å². The Labute approximate surface area is 112 Å². The number of nitrogens with one attached hydrogen (secondary N) is 1. The second-order valence-electron chi connectivity index (χ2n) is 5.80. The Kier molecular flexibility index (Phi) is 5.83. The molecule has 102 valence electrons.